The van der Waals surface area contributed by atoms with Crippen molar-refractivity contribution in [3.05, 3.63) is 0 Å². The van der Waals surface area contributed by atoms with Gasteiger partial charge in [0.2, 0.25) is 0 Å². The van der Waals surface area contributed by atoms with Gasteiger partial charge in [-0.15, -0.1) is 0 Å². The molecule has 0 saturated carbocycles. The van der Waals surface area contributed by atoms with E-state index in [9.17, 15) is 4.79 Å². The van der Waals surface area contributed by atoms with E-state index in [1.54, 1.807) is 0 Å². The lowest BCUT2D eigenvalue weighted by molar-refractivity contribution is 0.151. The third kappa shape index (κ3) is 3.35. The average molecular weight is 239 g/mol. The van der Waals surface area contributed by atoms with Crippen molar-refractivity contribution in [3.8, 4) is 0 Å². The fraction of sp³-hybridized carbons (Fsp3) is 0.923. The first-order chi connectivity index (χ1) is 8.16. The number of hydrogen-bond donors (Lipinski definition) is 2. The number of urea groups is 1. The number of nitrogens with zero attached hydrogens (tertiary/aromatic N) is 1. The van der Waals surface area contributed by atoms with Crippen LogP contribution < -0.4 is 10.6 Å². The van der Waals surface area contributed by atoms with Gasteiger partial charge in [-0.1, -0.05) is 0 Å². The van der Waals surface area contributed by atoms with Gasteiger partial charge in [0.05, 0.1) is 0 Å². The molecule has 2 unspecified atom stereocenters. The average Bonchev–Trinajstić information content (AvgIpc) is 2.82. The summed E-state index contributed by atoms with van der Waals surface area (Å²) in [6, 6.07) is 0.986. The summed E-state index contributed by atoms with van der Waals surface area (Å²) < 4.78 is 0. The monoisotopic (exact) mass is 239 g/mol. The summed E-state index contributed by atoms with van der Waals surface area (Å²) in [6.45, 7) is 7.02. The topological polar surface area (TPSA) is 44.4 Å². The normalized spacial score (nSPS) is 29.7. The van der Waals surface area contributed by atoms with E-state index in [2.05, 4.69) is 10.6 Å². The van der Waals surface area contributed by atoms with Gasteiger partial charge in [-0.25, -0.2) is 4.79 Å². The molecular weight excluding hydrogens is 214 g/mol. The summed E-state index contributed by atoms with van der Waals surface area (Å²) >= 11 is 0. The zero-order valence-corrected chi connectivity index (χ0v) is 11.0. The maximum Gasteiger partial charge on any atom is 0.317 e. The number of hydrogen-bond acceptors (Lipinski definition) is 2. The second kappa shape index (κ2) is 5.71. The van der Waals surface area contributed by atoms with E-state index in [0.29, 0.717) is 12.0 Å². The molecule has 2 aliphatic rings. The van der Waals surface area contributed by atoms with Crippen LogP contribution in [-0.4, -0.2) is 42.6 Å². The van der Waals surface area contributed by atoms with Crippen LogP contribution in [0, 0.1) is 5.92 Å². The molecule has 0 aliphatic carbocycles. The molecule has 2 rings (SSSR count). The van der Waals surface area contributed by atoms with Crippen molar-refractivity contribution < 1.29 is 4.79 Å². The van der Waals surface area contributed by atoms with Gasteiger partial charge < -0.3 is 15.5 Å². The summed E-state index contributed by atoms with van der Waals surface area (Å²) in [4.78, 5) is 14.0. The molecule has 2 atom stereocenters. The Morgan fingerprint density at radius 3 is 2.82 bits per heavy atom. The van der Waals surface area contributed by atoms with E-state index in [-0.39, 0.29) is 12.1 Å². The van der Waals surface area contributed by atoms with Gasteiger partial charge >= 0.3 is 6.03 Å². The zero-order valence-electron chi connectivity index (χ0n) is 11.0. The fourth-order valence-corrected chi connectivity index (χ4v) is 2.97. The largest absolute Gasteiger partial charge is 0.336 e. The van der Waals surface area contributed by atoms with Crippen molar-refractivity contribution in [1.29, 1.82) is 0 Å². The van der Waals surface area contributed by atoms with Crippen molar-refractivity contribution in [2.45, 2.75) is 51.6 Å². The van der Waals surface area contributed by atoms with Crippen LogP contribution in [0.25, 0.3) is 0 Å². The smallest absolute Gasteiger partial charge is 0.317 e. The number of piperidine rings is 1. The Balaban J connectivity index is 1.85. The van der Waals surface area contributed by atoms with Crippen LogP contribution in [0.5, 0.6) is 0 Å². The van der Waals surface area contributed by atoms with E-state index in [4.69, 9.17) is 0 Å². The summed E-state index contributed by atoms with van der Waals surface area (Å²) in [5.41, 5.74) is 0. The molecule has 2 fully saturated rings. The van der Waals surface area contributed by atoms with Gasteiger partial charge in [0, 0.05) is 25.2 Å². The van der Waals surface area contributed by atoms with Crippen LogP contribution in [-0.2, 0) is 0 Å². The Morgan fingerprint density at radius 2 is 2.18 bits per heavy atom. The first-order valence-corrected chi connectivity index (χ1v) is 6.95. The maximum absolute atomic E-state index is 12.0. The molecule has 2 saturated heterocycles. The predicted octanol–water partition coefficient (Wildman–Crippen LogP) is 1.57. The standard InChI is InChI=1S/C13H25N3O/c1-10(2)15-13(17)16-8-4-5-11(9-16)12-6-3-7-14-12/h10-12,14H,3-9H2,1-2H3,(H,15,17). The maximum atomic E-state index is 12.0. The van der Waals surface area contributed by atoms with Crippen LogP contribution in [0.2, 0.25) is 0 Å². The molecule has 0 aromatic carbocycles. The highest BCUT2D eigenvalue weighted by atomic mass is 16.2. The van der Waals surface area contributed by atoms with E-state index in [1.165, 1.54) is 19.3 Å². The third-order valence-electron chi connectivity index (χ3n) is 3.82. The quantitative estimate of drug-likeness (QED) is 0.768. The van der Waals surface area contributed by atoms with Crippen LogP contribution in [0.4, 0.5) is 4.79 Å². The molecule has 0 aromatic heterocycles. The lowest BCUT2D eigenvalue weighted by Gasteiger charge is -2.36. The van der Waals surface area contributed by atoms with Crippen LogP contribution in [0.1, 0.15) is 39.5 Å². The molecule has 2 heterocycles. The summed E-state index contributed by atoms with van der Waals surface area (Å²) in [5.74, 6) is 0.657. The van der Waals surface area contributed by atoms with Gasteiger partial charge in [0.25, 0.3) is 0 Å². The van der Waals surface area contributed by atoms with E-state index in [1.807, 2.05) is 18.7 Å². The van der Waals surface area contributed by atoms with Crippen molar-refractivity contribution in [2.24, 2.45) is 5.92 Å². The first kappa shape index (κ1) is 12.7. The fourth-order valence-electron chi connectivity index (χ4n) is 2.97. The molecule has 2 N–H and O–H groups in total. The minimum absolute atomic E-state index is 0.114. The Bertz CT molecular complexity index is 261. The number of amides is 2. The first-order valence-electron chi connectivity index (χ1n) is 6.95. The van der Waals surface area contributed by atoms with Crippen LogP contribution in [0.3, 0.4) is 0 Å². The lowest BCUT2D eigenvalue weighted by atomic mass is 9.90. The molecule has 0 aromatic rings. The number of nitrogens with one attached hydrogen (secondary N) is 2. The number of carbonyl (C=O) groups is 1. The van der Waals surface area contributed by atoms with Gasteiger partial charge in [-0.2, -0.15) is 0 Å². The van der Waals surface area contributed by atoms with Crippen LogP contribution >= 0.6 is 0 Å². The summed E-state index contributed by atoms with van der Waals surface area (Å²) in [5, 5.41) is 6.56. The Hall–Kier alpha value is -0.770. The molecule has 2 amide bonds. The predicted molar refractivity (Wildman–Crippen MR) is 69.0 cm³/mol. The van der Waals surface area contributed by atoms with Crippen molar-refractivity contribution in [1.82, 2.24) is 15.5 Å². The second-order valence-electron chi connectivity index (χ2n) is 5.66. The third-order valence-corrected chi connectivity index (χ3v) is 3.82. The van der Waals surface area contributed by atoms with E-state index >= 15 is 0 Å². The van der Waals surface area contributed by atoms with E-state index in [0.717, 1.165) is 26.1 Å². The minimum Gasteiger partial charge on any atom is -0.336 e. The molecule has 2 aliphatic heterocycles. The molecule has 4 heteroatoms. The molecule has 0 spiro atoms. The molecule has 4 nitrogen and oxygen atoms in total. The number of likely N-dealkylation sites (tertiary alicyclic amines) is 1. The van der Waals surface area contributed by atoms with Crippen molar-refractivity contribution in [3.63, 3.8) is 0 Å². The Labute approximate surface area is 104 Å². The highest BCUT2D eigenvalue weighted by Gasteiger charge is 2.30. The Kier molecular flexibility index (Phi) is 4.26. The van der Waals surface area contributed by atoms with Crippen molar-refractivity contribution >= 4 is 6.03 Å². The van der Waals surface area contributed by atoms with Gasteiger partial charge in [-0.3, -0.25) is 0 Å². The Morgan fingerprint density at radius 1 is 1.35 bits per heavy atom. The van der Waals surface area contributed by atoms with Crippen LogP contribution in [0.15, 0.2) is 0 Å². The minimum atomic E-state index is 0.114. The number of rotatable bonds is 2. The molecule has 98 valence electrons. The highest BCUT2D eigenvalue weighted by molar-refractivity contribution is 5.74. The van der Waals surface area contributed by atoms with Gasteiger partial charge in [-0.05, 0) is 52.0 Å². The van der Waals surface area contributed by atoms with Gasteiger partial charge in [0.15, 0.2) is 0 Å². The number of carbonyl (C=O) groups excluding carboxylic acids is 1. The van der Waals surface area contributed by atoms with Crippen molar-refractivity contribution in [2.75, 3.05) is 19.6 Å². The summed E-state index contributed by atoms with van der Waals surface area (Å²) in [7, 11) is 0. The molecule has 0 bridgehead atoms. The molecular formula is C13H25N3O. The second-order valence-corrected chi connectivity index (χ2v) is 5.66. The summed E-state index contributed by atoms with van der Waals surface area (Å²) in [6.07, 6.45) is 4.99. The molecule has 0 radical (unpaired) electrons. The highest BCUT2D eigenvalue weighted by Crippen LogP contribution is 2.24. The lowest BCUT2D eigenvalue weighted by Crippen LogP contribution is -2.50. The zero-order chi connectivity index (χ0) is 12.3. The van der Waals surface area contributed by atoms with E-state index < -0.39 is 0 Å². The molecule has 17 heavy (non-hydrogen) atoms. The van der Waals surface area contributed by atoms with Gasteiger partial charge in [0.1, 0.15) is 0 Å². The SMILES string of the molecule is CC(C)NC(=O)N1CCCC(C2CCCN2)C1.